The molecular weight excluding hydrogens is 342 g/mol. The van der Waals surface area contributed by atoms with Crippen LogP contribution in [0.5, 0.6) is 17.2 Å². The van der Waals surface area contributed by atoms with Gasteiger partial charge in [0.2, 0.25) is 0 Å². The highest BCUT2D eigenvalue weighted by atomic mass is 16.5. The van der Waals surface area contributed by atoms with Gasteiger partial charge in [0.1, 0.15) is 5.75 Å². The van der Waals surface area contributed by atoms with Crippen LogP contribution in [0.1, 0.15) is 37.4 Å². The van der Waals surface area contributed by atoms with Crippen LogP contribution in [-0.2, 0) is 4.79 Å². The topological polar surface area (TPSA) is 56.8 Å². The Morgan fingerprint density at radius 1 is 1.11 bits per heavy atom. The van der Waals surface area contributed by atoms with Gasteiger partial charge in [-0.1, -0.05) is 32.0 Å². The van der Waals surface area contributed by atoms with E-state index in [2.05, 4.69) is 19.2 Å². The van der Waals surface area contributed by atoms with Gasteiger partial charge in [-0.05, 0) is 48.2 Å². The monoisotopic (exact) mass is 369 g/mol. The van der Waals surface area contributed by atoms with E-state index in [9.17, 15) is 4.79 Å². The molecule has 5 nitrogen and oxygen atoms in total. The highest BCUT2D eigenvalue weighted by Gasteiger charge is 2.21. The van der Waals surface area contributed by atoms with E-state index in [1.165, 1.54) is 0 Å². The first kappa shape index (κ1) is 19.1. The summed E-state index contributed by atoms with van der Waals surface area (Å²) in [6.45, 7) is 7.43. The summed E-state index contributed by atoms with van der Waals surface area (Å²) in [4.78, 5) is 12.4. The highest BCUT2D eigenvalue weighted by molar-refractivity contribution is 5.78. The molecule has 1 aliphatic rings. The number of hydrogen-bond donors (Lipinski definition) is 1. The summed E-state index contributed by atoms with van der Waals surface area (Å²) in [6.07, 6.45) is 0.866. The van der Waals surface area contributed by atoms with Gasteiger partial charge in [-0.15, -0.1) is 0 Å². The van der Waals surface area contributed by atoms with Crippen LogP contribution in [0.2, 0.25) is 0 Å². The van der Waals surface area contributed by atoms with Crippen molar-refractivity contribution >= 4 is 5.91 Å². The molecule has 1 heterocycles. The largest absolute Gasteiger partial charge is 0.490 e. The fraction of sp³-hybridized carbons (Fsp3) is 0.409. The quantitative estimate of drug-likeness (QED) is 0.835. The third-order valence-electron chi connectivity index (χ3n) is 4.47. The van der Waals surface area contributed by atoms with E-state index in [0.717, 1.165) is 29.0 Å². The summed E-state index contributed by atoms with van der Waals surface area (Å²) in [6, 6.07) is 13.4. The SMILES string of the molecule is Cc1cccc(OCC(=O)NC(c2ccc3c(c2)OCCCO3)C(C)C)c1. The van der Waals surface area contributed by atoms with Gasteiger partial charge in [-0.3, -0.25) is 4.79 Å². The molecule has 27 heavy (non-hydrogen) atoms. The number of benzene rings is 2. The lowest BCUT2D eigenvalue weighted by molar-refractivity contribution is -0.124. The van der Waals surface area contributed by atoms with Crippen LogP contribution in [0, 0.1) is 12.8 Å². The molecule has 0 radical (unpaired) electrons. The summed E-state index contributed by atoms with van der Waals surface area (Å²) in [5.74, 6) is 2.26. The van der Waals surface area contributed by atoms with Gasteiger partial charge in [0, 0.05) is 6.42 Å². The number of hydrogen-bond acceptors (Lipinski definition) is 4. The first-order valence-corrected chi connectivity index (χ1v) is 9.41. The molecule has 1 aliphatic heterocycles. The van der Waals surface area contributed by atoms with E-state index < -0.39 is 0 Å². The third-order valence-corrected chi connectivity index (χ3v) is 4.47. The van der Waals surface area contributed by atoms with E-state index in [-0.39, 0.29) is 24.5 Å². The zero-order valence-corrected chi connectivity index (χ0v) is 16.2. The first-order chi connectivity index (χ1) is 13.0. The first-order valence-electron chi connectivity index (χ1n) is 9.41. The molecule has 1 atom stereocenters. The summed E-state index contributed by atoms with van der Waals surface area (Å²) in [5, 5.41) is 3.08. The second kappa shape index (κ2) is 8.80. The Bertz CT molecular complexity index is 788. The molecule has 0 aromatic heterocycles. The van der Waals surface area contributed by atoms with Crippen molar-refractivity contribution < 1.29 is 19.0 Å². The maximum atomic E-state index is 12.4. The summed E-state index contributed by atoms with van der Waals surface area (Å²) < 4.78 is 17.1. The van der Waals surface area contributed by atoms with Gasteiger partial charge in [0.15, 0.2) is 18.1 Å². The summed E-state index contributed by atoms with van der Waals surface area (Å²) in [7, 11) is 0. The van der Waals surface area contributed by atoms with Gasteiger partial charge in [-0.25, -0.2) is 0 Å². The van der Waals surface area contributed by atoms with Crippen LogP contribution in [0.15, 0.2) is 42.5 Å². The highest BCUT2D eigenvalue weighted by Crippen LogP contribution is 2.34. The van der Waals surface area contributed by atoms with E-state index in [0.29, 0.717) is 19.0 Å². The van der Waals surface area contributed by atoms with Crippen molar-refractivity contribution in [2.45, 2.75) is 33.2 Å². The normalized spacial score (nSPS) is 14.4. The minimum Gasteiger partial charge on any atom is -0.490 e. The Morgan fingerprint density at radius 3 is 2.63 bits per heavy atom. The zero-order chi connectivity index (χ0) is 19.2. The average molecular weight is 369 g/mol. The molecule has 3 rings (SSSR count). The molecule has 0 bridgehead atoms. The summed E-state index contributed by atoms with van der Waals surface area (Å²) in [5.41, 5.74) is 2.10. The predicted molar refractivity (Wildman–Crippen MR) is 104 cm³/mol. The molecule has 2 aromatic rings. The molecule has 144 valence electrons. The van der Waals surface area contributed by atoms with Crippen LogP contribution in [0.4, 0.5) is 0 Å². The Kier molecular flexibility index (Phi) is 6.22. The van der Waals surface area contributed by atoms with Crippen molar-refractivity contribution in [3.05, 3.63) is 53.6 Å². The number of fused-ring (bicyclic) bond motifs is 1. The third kappa shape index (κ3) is 5.16. The van der Waals surface area contributed by atoms with Gasteiger partial charge in [-0.2, -0.15) is 0 Å². The number of carbonyl (C=O) groups is 1. The second-order valence-corrected chi connectivity index (χ2v) is 7.15. The van der Waals surface area contributed by atoms with Crippen LogP contribution in [0.25, 0.3) is 0 Å². The van der Waals surface area contributed by atoms with Gasteiger partial charge in [0.25, 0.3) is 5.91 Å². The fourth-order valence-corrected chi connectivity index (χ4v) is 3.08. The molecule has 0 spiro atoms. The molecule has 0 aliphatic carbocycles. The van der Waals surface area contributed by atoms with Crippen molar-refractivity contribution in [1.82, 2.24) is 5.32 Å². The maximum absolute atomic E-state index is 12.4. The average Bonchev–Trinajstić information content (AvgIpc) is 2.89. The smallest absolute Gasteiger partial charge is 0.258 e. The lowest BCUT2D eigenvalue weighted by Gasteiger charge is -2.24. The van der Waals surface area contributed by atoms with E-state index in [1.807, 2.05) is 49.4 Å². The Labute approximate surface area is 160 Å². The van der Waals surface area contributed by atoms with Crippen molar-refractivity contribution in [1.29, 1.82) is 0 Å². The van der Waals surface area contributed by atoms with E-state index in [1.54, 1.807) is 0 Å². The number of nitrogens with one attached hydrogen (secondary N) is 1. The molecule has 1 amide bonds. The minimum absolute atomic E-state index is 0.0166. The number of aryl methyl sites for hydroxylation is 1. The van der Waals surface area contributed by atoms with Crippen molar-refractivity contribution in [3.8, 4) is 17.2 Å². The molecule has 0 fully saturated rings. The zero-order valence-electron chi connectivity index (χ0n) is 16.2. The van der Waals surface area contributed by atoms with Gasteiger partial charge < -0.3 is 19.5 Å². The van der Waals surface area contributed by atoms with Gasteiger partial charge in [0.05, 0.1) is 19.3 Å². The lowest BCUT2D eigenvalue weighted by atomic mass is 9.95. The van der Waals surface area contributed by atoms with Crippen molar-refractivity contribution in [2.24, 2.45) is 5.92 Å². The van der Waals surface area contributed by atoms with Crippen LogP contribution in [-0.4, -0.2) is 25.7 Å². The maximum Gasteiger partial charge on any atom is 0.258 e. The molecular formula is C22H27NO4. The lowest BCUT2D eigenvalue weighted by Crippen LogP contribution is -2.35. The standard InChI is InChI=1S/C22H27NO4/c1-15(2)22(17-8-9-19-20(13-17)26-11-5-10-25-19)23-21(24)14-27-18-7-4-6-16(3)12-18/h4,6-9,12-13,15,22H,5,10-11,14H2,1-3H3,(H,23,24). The van der Waals surface area contributed by atoms with E-state index in [4.69, 9.17) is 14.2 Å². The van der Waals surface area contributed by atoms with Crippen molar-refractivity contribution in [3.63, 3.8) is 0 Å². The number of amides is 1. The Balaban J connectivity index is 1.66. The van der Waals surface area contributed by atoms with Crippen molar-refractivity contribution in [2.75, 3.05) is 19.8 Å². The molecule has 2 aromatic carbocycles. The van der Waals surface area contributed by atoms with Crippen LogP contribution >= 0.6 is 0 Å². The second-order valence-electron chi connectivity index (χ2n) is 7.15. The Morgan fingerprint density at radius 2 is 1.89 bits per heavy atom. The molecule has 1 N–H and O–H groups in total. The fourth-order valence-electron chi connectivity index (χ4n) is 3.08. The van der Waals surface area contributed by atoms with E-state index >= 15 is 0 Å². The predicted octanol–water partition coefficient (Wildman–Crippen LogP) is 4.05. The Hall–Kier alpha value is -2.69. The minimum atomic E-state index is -0.151. The molecule has 1 unspecified atom stereocenters. The molecule has 5 heteroatoms. The van der Waals surface area contributed by atoms with Gasteiger partial charge >= 0.3 is 0 Å². The molecule has 0 saturated heterocycles. The molecule has 0 saturated carbocycles. The number of rotatable bonds is 6. The van der Waals surface area contributed by atoms with Crippen LogP contribution in [0.3, 0.4) is 0 Å². The van der Waals surface area contributed by atoms with Crippen LogP contribution < -0.4 is 19.5 Å². The number of ether oxygens (including phenoxy) is 3. The summed E-state index contributed by atoms with van der Waals surface area (Å²) >= 11 is 0. The number of carbonyl (C=O) groups excluding carboxylic acids is 1.